The minimum absolute atomic E-state index is 0.0829. The summed E-state index contributed by atoms with van der Waals surface area (Å²) in [5, 5.41) is 15.6. The highest BCUT2D eigenvalue weighted by atomic mass is 16.5. The van der Waals surface area contributed by atoms with Crippen LogP contribution in [0, 0.1) is 0 Å². The van der Waals surface area contributed by atoms with Gasteiger partial charge in [0, 0.05) is 0 Å². The van der Waals surface area contributed by atoms with Gasteiger partial charge in [0.1, 0.15) is 0 Å². The second-order valence-electron chi connectivity index (χ2n) is 2.91. The minimum Gasteiger partial charge on any atom is -0.394 e. The second kappa shape index (κ2) is 5.05. The molecular formula is C7H15N3O2. The molecule has 0 radical (unpaired) electrons. The molecule has 5 heteroatoms. The van der Waals surface area contributed by atoms with E-state index >= 15 is 0 Å². The van der Waals surface area contributed by atoms with Crippen molar-refractivity contribution in [3.05, 3.63) is 0 Å². The van der Waals surface area contributed by atoms with Crippen molar-refractivity contribution in [3.63, 3.8) is 0 Å². The fraction of sp³-hybridized carbons (Fsp3) is 1.00. The van der Waals surface area contributed by atoms with E-state index in [2.05, 4.69) is 10.3 Å². The molecule has 0 saturated heterocycles. The molecule has 1 saturated carbocycles. The van der Waals surface area contributed by atoms with Crippen molar-refractivity contribution in [2.45, 2.75) is 31.4 Å². The van der Waals surface area contributed by atoms with Gasteiger partial charge in [-0.1, -0.05) is 5.22 Å². The average molecular weight is 173 g/mol. The summed E-state index contributed by atoms with van der Waals surface area (Å²) in [6.45, 7) is 0.497. The molecule has 5 nitrogen and oxygen atoms in total. The van der Waals surface area contributed by atoms with Gasteiger partial charge in [-0.2, -0.15) is 5.11 Å². The van der Waals surface area contributed by atoms with Gasteiger partial charge < -0.3 is 15.7 Å². The topological polar surface area (TPSA) is 80.2 Å². The lowest BCUT2D eigenvalue weighted by molar-refractivity contribution is 0.0323. The number of nitrogens with zero attached hydrogens (tertiary/aromatic N) is 2. The first-order valence-corrected chi connectivity index (χ1v) is 4.19. The van der Waals surface area contributed by atoms with E-state index in [1.165, 1.54) is 0 Å². The fourth-order valence-electron chi connectivity index (χ4n) is 1.49. The minimum atomic E-state index is 0.0829. The molecular weight excluding hydrogens is 158 g/mol. The molecule has 2 atom stereocenters. The molecule has 0 aromatic heterocycles. The first kappa shape index (κ1) is 9.41. The lowest BCUT2D eigenvalue weighted by Crippen LogP contribution is -2.12. The maximum Gasteiger partial charge on any atom is 0.0755 e. The van der Waals surface area contributed by atoms with Gasteiger partial charge in [0.15, 0.2) is 0 Å². The van der Waals surface area contributed by atoms with E-state index in [1.807, 2.05) is 0 Å². The van der Waals surface area contributed by atoms with Crippen molar-refractivity contribution in [1.29, 1.82) is 0 Å². The van der Waals surface area contributed by atoms with Crippen LogP contribution in [0.4, 0.5) is 0 Å². The number of rotatable bonds is 4. The molecule has 0 spiro atoms. The Labute approximate surface area is 71.6 Å². The second-order valence-corrected chi connectivity index (χ2v) is 2.91. The van der Waals surface area contributed by atoms with Crippen LogP contribution in [-0.4, -0.2) is 30.5 Å². The van der Waals surface area contributed by atoms with E-state index in [0.29, 0.717) is 6.61 Å². The maximum atomic E-state index is 8.51. The van der Waals surface area contributed by atoms with E-state index in [9.17, 15) is 0 Å². The van der Waals surface area contributed by atoms with Gasteiger partial charge >= 0.3 is 0 Å². The molecule has 1 aliphatic rings. The van der Waals surface area contributed by atoms with Gasteiger partial charge in [-0.15, -0.1) is 0 Å². The molecule has 0 aromatic rings. The molecule has 0 bridgehead atoms. The summed E-state index contributed by atoms with van der Waals surface area (Å²) in [4.78, 5) is 0. The van der Waals surface area contributed by atoms with Gasteiger partial charge in [-0.3, -0.25) is 0 Å². The predicted octanol–water partition coefficient (Wildman–Crippen LogP) is 0.242. The van der Waals surface area contributed by atoms with Crippen LogP contribution < -0.4 is 5.84 Å². The highest BCUT2D eigenvalue weighted by molar-refractivity contribution is 4.79. The predicted molar refractivity (Wildman–Crippen MR) is 43.5 cm³/mol. The van der Waals surface area contributed by atoms with Crippen LogP contribution >= 0.6 is 0 Å². The third-order valence-corrected chi connectivity index (χ3v) is 2.03. The Kier molecular flexibility index (Phi) is 3.96. The van der Waals surface area contributed by atoms with Gasteiger partial charge in [0.05, 0.1) is 25.4 Å². The summed E-state index contributed by atoms with van der Waals surface area (Å²) in [6, 6.07) is 0.221. The summed E-state index contributed by atoms with van der Waals surface area (Å²) < 4.78 is 5.34. The van der Waals surface area contributed by atoms with Crippen LogP contribution in [0.2, 0.25) is 0 Å². The SMILES string of the molecule is NN=N[C@H]1CC[C@@H](OCCO)C1. The highest BCUT2D eigenvalue weighted by Crippen LogP contribution is 2.24. The molecule has 1 aliphatic carbocycles. The van der Waals surface area contributed by atoms with Crippen molar-refractivity contribution < 1.29 is 9.84 Å². The van der Waals surface area contributed by atoms with E-state index in [0.717, 1.165) is 19.3 Å². The van der Waals surface area contributed by atoms with Crippen molar-refractivity contribution in [2.24, 2.45) is 16.2 Å². The number of nitrogens with two attached hydrogens (primary N) is 1. The molecule has 1 fully saturated rings. The van der Waals surface area contributed by atoms with Gasteiger partial charge in [0.2, 0.25) is 0 Å². The summed E-state index contributed by atoms with van der Waals surface area (Å²) in [7, 11) is 0. The zero-order chi connectivity index (χ0) is 8.81. The molecule has 3 N–H and O–H groups in total. The Morgan fingerprint density at radius 2 is 2.33 bits per heavy atom. The highest BCUT2D eigenvalue weighted by Gasteiger charge is 2.24. The molecule has 70 valence electrons. The van der Waals surface area contributed by atoms with Crippen molar-refractivity contribution >= 4 is 0 Å². The Hall–Kier alpha value is -0.680. The van der Waals surface area contributed by atoms with Crippen LogP contribution in [0.15, 0.2) is 10.3 Å². The van der Waals surface area contributed by atoms with E-state index in [1.54, 1.807) is 0 Å². The molecule has 0 unspecified atom stereocenters. The number of hydrogen-bond donors (Lipinski definition) is 2. The molecule has 0 aliphatic heterocycles. The first-order valence-electron chi connectivity index (χ1n) is 4.19. The van der Waals surface area contributed by atoms with Crippen molar-refractivity contribution in [1.82, 2.24) is 0 Å². The monoisotopic (exact) mass is 173 g/mol. The summed E-state index contributed by atoms with van der Waals surface area (Å²) >= 11 is 0. The summed E-state index contributed by atoms with van der Waals surface area (Å²) in [5.74, 6) is 4.93. The quantitative estimate of drug-likeness (QED) is 0.363. The largest absolute Gasteiger partial charge is 0.394 e. The Bertz CT molecular complexity index is 152. The number of aliphatic hydroxyl groups is 1. The Morgan fingerprint density at radius 3 is 3.00 bits per heavy atom. The van der Waals surface area contributed by atoms with Gasteiger partial charge in [0.25, 0.3) is 0 Å². The van der Waals surface area contributed by atoms with Gasteiger partial charge in [-0.05, 0) is 19.3 Å². The Morgan fingerprint density at radius 1 is 1.50 bits per heavy atom. The molecule has 0 heterocycles. The first-order chi connectivity index (χ1) is 5.86. The summed E-state index contributed by atoms with van der Waals surface area (Å²) in [5.41, 5.74) is 0. The normalized spacial score (nSPS) is 30.1. The molecule has 12 heavy (non-hydrogen) atoms. The lowest BCUT2D eigenvalue weighted by Gasteiger charge is -2.08. The third kappa shape index (κ3) is 2.75. The van der Waals surface area contributed by atoms with Gasteiger partial charge in [-0.25, -0.2) is 0 Å². The number of ether oxygens (including phenoxy) is 1. The number of aliphatic hydroxyl groups excluding tert-OH is 1. The maximum absolute atomic E-state index is 8.51. The Balaban J connectivity index is 2.16. The molecule has 0 amide bonds. The van der Waals surface area contributed by atoms with Crippen LogP contribution in [0.1, 0.15) is 19.3 Å². The van der Waals surface area contributed by atoms with Crippen LogP contribution in [0.5, 0.6) is 0 Å². The number of hydrogen-bond acceptors (Lipinski definition) is 4. The third-order valence-electron chi connectivity index (χ3n) is 2.03. The van der Waals surface area contributed by atoms with Crippen molar-refractivity contribution in [3.8, 4) is 0 Å². The summed E-state index contributed by atoms with van der Waals surface area (Å²) in [6.07, 6.45) is 3.08. The van der Waals surface area contributed by atoms with E-state index < -0.39 is 0 Å². The van der Waals surface area contributed by atoms with E-state index in [-0.39, 0.29) is 18.8 Å². The zero-order valence-electron chi connectivity index (χ0n) is 7.02. The lowest BCUT2D eigenvalue weighted by atomic mass is 10.3. The fourth-order valence-corrected chi connectivity index (χ4v) is 1.49. The molecule has 0 aromatic carbocycles. The van der Waals surface area contributed by atoms with Crippen LogP contribution in [0.3, 0.4) is 0 Å². The standard InChI is InChI=1S/C7H15N3O2/c8-10-9-6-1-2-7(5-6)12-4-3-11/h6-7,11H,1-5H2,(H2,8,9)/t6-,7+/m0/s1. The zero-order valence-corrected chi connectivity index (χ0v) is 7.02. The average Bonchev–Trinajstić information content (AvgIpc) is 2.50. The van der Waals surface area contributed by atoms with Crippen LogP contribution in [0.25, 0.3) is 0 Å². The molecule has 1 rings (SSSR count). The van der Waals surface area contributed by atoms with Crippen molar-refractivity contribution in [2.75, 3.05) is 13.2 Å². The van der Waals surface area contributed by atoms with E-state index in [4.69, 9.17) is 15.7 Å². The smallest absolute Gasteiger partial charge is 0.0755 e. The van der Waals surface area contributed by atoms with Crippen LogP contribution in [-0.2, 0) is 4.74 Å².